The molecule has 0 N–H and O–H groups in total. The van der Waals surface area contributed by atoms with Crippen molar-refractivity contribution in [3.63, 3.8) is 0 Å². The lowest BCUT2D eigenvalue weighted by Gasteiger charge is -2.06. The van der Waals surface area contributed by atoms with E-state index in [4.69, 9.17) is 4.74 Å². The lowest BCUT2D eigenvalue weighted by atomic mass is 9.95. The van der Waals surface area contributed by atoms with Crippen LogP contribution < -0.4 is 0 Å². The van der Waals surface area contributed by atoms with E-state index in [0.29, 0.717) is 17.0 Å². The van der Waals surface area contributed by atoms with E-state index in [9.17, 15) is 4.79 Å². The number of benzene rings is 3. The molecule has 0 fully saturated rings. The molecule has 1 aliphatic heterocycles. The van der Waals surface area contributed by atoms with Crippen LogP contribution in [-0.2, 0) is 9.53 Å². The van der Waals surface area contributed by atoms with E-state index in [1.165, 1.54) is 0 Å². The van der Waals surface area contributed by atoms with Gasteiger partial charge in [0.1, 0.15) is 5.76 Å². The first kappa shape index (κ1) is 20.2. The molecule has 0 aromatic heterocycles. The Hall–Kier alpha value is -4.05. The van der Waals surface area contributed by atoms with Crippen molar-refractivity contribution in [1.82, 2.24) is 0 Å². The Morgan fingerprint density at radius 1 is 0.710 bits per heavy atom. The smallest absolute Gasteiger partial charge is 0.344 e. The molecule has 4 nitrogen and oxygen atoms in total. The zero-order chi connectivity index (χ0) is 21.6. The van der Waals surface area contributed by atoms with E-state index >= 15 is 0 Å². The predicted molar refractivity (Wildman–Crippen MR) is 126 cm³/mol. The van der Waals surface area contributed by atoms with E-state index in [2.05, 4.69) is 10.2 Å². The van der Waals surface area contributed by atoms with E-state index in [1.54, 1.807) is 6.08 Å². The average molecular weight is 406 g/mol. The first-order valence-corrected chi connectivity index (χ1v) is 10.1. The van der Waals surface area contributed by atoms with Crippen molar-refractivity contribution in [2.24, 2.45) is 10.2 Å². The second-order valence-corrected chi connectivity index (χ2v) is 7.17. The van der Waals surface area contributed by atoms with Crippen LogP contribution in [0.1, 0.15) is 30.5 Å². The van der Waals surface area contributed by atoms with Crippen LogP contribution >= 0.6 is 0 Å². The molecule has 0 bridgehead atoms. The van der Waals surface area contributed by atoms with E-state index in [-0.39, 0.29) is 5.97 Å². The summed E-state index contributed by atoms with van der Waals surface area (Å²) in [6.45, 7) is 3.75. The van der Waals surface area contributed by atoms with Gasteiger partial charge in [0.25, 0.3) is 0 Å². The number of nitrogens with zero attached hydrogens (tertiary/aromatic N) is 2. The number of hydrogen-bond donors (Lipinski definition) is 0. The highest BCUT2D eigenvalue weighted by Gasteiger charge is 2.31. The summed E-state index contributed by atoms with van der Waals surface area (Å²) >= 11 is 0. The van der Waals surface area contributed by atoms with Crippen molar-refractivity contribution in [1.29, 1.82) is 0 Å². The topological polar surface area (TPSA) is 51.0 Å². The van der Waals surface area contributed by atoms with Gasteiger partial charge in [0.15, 0.2) is 0 Å². The molecule has 152 valence electrons. The van der Waals surface area contributed by atoms with Crippen LogP contribution in [0.5, 0.6) is 0 Å². The van der Waals surface area contributed by atoms with Crippen LogP contribution in [-0.4, -0.2) is 17.4 Å². The average Bonchev–Trinajstić information content (AvgIpc) is 3.14. The van der Waals surface area contributed by atoms with E-state index < -0.39 is 0 Å². The van der Waals surface area contributed by atoms with Gasteiger partial charge in [-0.05, 0) is 30.5 Å². The summed E-state index contributed by atoms with van der Waals surface area (Å²) < 4.78 is 5.68. The molecule has 4 rings (SSSR count). The molecule has 3 aromatic rings. The zero-order valence-electron chi connectivity index (χ0n) is 17.4. The number of esters is 1. The van der Waals surface area contributed by atoms with Gasteiger partial charge < -0.3 is 4.74 Å². The summed E-state index contributed by atoms with van der Waals surface area (Å²) in [5.41, 5.74) is 5.50. The molecule has 1 aliphatic rings. The molecular formula is C27H22N2O2. The van der Waals surface area contributed by atoms with Gasteiger partial charge in [0, 0.05) is 11.6 Å². The Labute approximate surface area is 181 Å². The Morgan fingerprint density at radius 3 is 1.81 bits per heavy atom. The summed E-state index contributed by atoms with van der Waals surface area (Å²) in [4.78, 5) is 12.8. The van der Waals surface area contributed by atoms with Crippen molar-refractivity contribution in [3.05, 3.63) is 120 Å². The number of ether oxygens (including phenoxy) is 1. The standard InChI is InChI=1S/C27H22N2O2/c1-19(28-29-20(2)21-12-6-3-7-13-21)18-24-25(22-14-8-4-9-15-22)26(27(30)31-24)23-16-10-5-11-17-23/h3-18H,1-2H3/b24-18-,28-19+,29-20+. The fourth-order valence-electron chi connectivity index (χ4n) is 3.40. The number of hydrogen-bond acceptors (Lipinski definition) is 4. The van der Waals surface area contributed by atoms with E-state index in [0.717, 1.165) is 28.0 Å². The van der Waals surface area contributed by atoms with Gasteiger partial charge in [-0.3, -0.25) is 0 Å². The number of cyclic esters (lactones) is 1. The SMILES string of the molecule is CC(/C=C1\OC(=O)C(c2ccccc2)=C1c1ccccc1)=N\N=C(/C)c1ccccc1. The lowest BCUT2D eigenvalue weighted by Crippen LogP contribution is -1.98. The third kappa shape index (κ3) is 4.59. The second kappa shape index (κ2) is 9.18. The van der Waals surface area contributed by atoms with Gasteiger partial charge in [-0.25, -0.2) is 4.79 Å². The fraction of sp³-hybridized carbons (Fsp3) is 0.0741. The van der Waals surface area contributed by atoms with Crippen LogP contribution in [0.15, 0.2) is 113 Å². The minimum absolute atomic E-state index is 0.368. The molecule has 3 aromatic carbocycles. The Morgan fingerprint density at radius 2 is 1.23 bits per heavy atom. The van der Waals surface area contributed by atoms with Crippen LogP contribution in [0.3, 0.4) is 0 Å². The number of rotatable bonds is 5. The Kier molecular flexibility index (Phi) is 5.99. The van der Waals surface area contributed by atoms with Gasteiger partial charge in [-0.2, -0.15) is 10.2 Å². The highest BCUT2D eigenvalue weighted by molar-refractivity contribution is 6.30. The maximum absolute atomic E-state index is 12.8. The molecule has 0 atom stereocenters. The second-order valence-electron chi connectivity index (χ2n) is 7.17. The minimum Gasteiger partial charge on any atom is -0.422 e. The molecule has 0 spiro atoms. The first-order valence-electron chi connectivity index (χ1n) is 10.1. The largest absolute Gasteiger partial charge is 0.422 e. The Balaban J connectivity index is 1.75. The van der Waals surface area contributed by atoms with Crippen LogP contribution in [0.25, 0.3) is 11.1 Å². The number of allylic oxidation sites excluding steroid dienone is 2. The quantitative estimate of drug-likeness (QED) is 0.300. The van der Waals surface area contributed by atoms with Gasteiger partial charge in [0.05, 0.1) is 17.0 Å². The predicted octanol–water partition coefficient (Wildman–Crippen LogP) is 5.92. The molecule has 31 heavy (non-hydrogen) atoms. The van der Waals surface area contributed by atoms with Crippen molar-refractivity contribution >= 4 is 28.5 Å². The number of carbonyl (C=O) groups excluding carboxylic acids is 1. The van der Waals surface area contributed by atoms with Gasteiger partial charge in [0.2, 0.25) is 0 Å². The molecule has 0 aliphatic carbocycles. The van der Waals surface area contributed by atoms with Crippen molar-refractivity contribution < 1.29 is 9.53 Å². The van der Waals surface area contributed by atoms with Crippen LogP contribution in [0.2, 0.25) is 0 Å². The summed E-state index contributed by atoms with van der Waals surface area (Å²) in [7, 11) is 0. The zero-order valence-corrected chi connectivity index (χ0v) is 17.4. The van der Waals surface area contributed by atoms with Crippen molar-refractivity contribution in [2.45, 2.75) is 13.8 Å². The van der Waals surface area contributed by atoms with Crippen LogP contribution in [0, 0.1) is 0 Å². The third-order valence-electron chi connectivity index (χ3n) is 4.92. The monoisotopic (exact) mass is 406 g/mol. The normalized spacial score (nSPS) is 16.1. The maximum atomic E-state index is 12.8. The third-order valence-corrected chi connectivity index (χ3v) is 4.92. The highest BCUT2D eigenvalue weighted by Crippen LogP contribution is 2.39. The summed E-state index contributed by atoms with van der Waals surface area (Å²) in [6, 6.07) is 29.2. The van der Waals surface area contributed by atoms with Crippen molar-refractivity contribution in [2.75, 3.05) is 0 Å². The number of carbonyl (C=O) groups is 1. The lowest BCUT2D eigenvalue weighted by molar-refractivity contribution is -0.131. The molecule has 0 saturated carbocycles. The van der Waals surface area contributed by atoms with Gasteiger partial charge in [-0.15, -0.1) is 0 Å². The molecule has 0 saturated heterocycles. The molecule has 0 amide bonds. The molecule has 4 heteroatoms. The Bertz CT molecular complexity index is 1210. The molecule has 1 heterocycles. The summed E-state index contributed by atoms with van der Waals surface area (Å²) in [6.07, 6.45) is 1.76. The highest BCUT2D eigenvalue weighted by atomic mass is 16.5. The van der Waals surface area contributed by atoms with E-state index in [1.807, 2.05) is 105 Å². The molecule has 0 unspecified atom stereocenters. The van der Waals surface area contributed by atoms with Gasteiger partial charge >= 0.3 is 5.97 Å². The fourth-order valence-corrected chi connectivity index (χ4v) is 3.40. The minimum atomic E-state index is -0.368. The molecular weight excluding hydrogens is 384 g/mol. The van der Waals surface area contributed by atoms with Gasteiger partial charge in [-0.1, -0.05) is 91.0 Å². The summed E-state index contributed by atoms with van der Waals surface area (Å²) in [5.74, 6) is 0.108. The maximum Gasteiger partial charge on any atom is 0.344 e. The molecule has 0 radical (unpaired) electrons. The van der Waals surface area contributed by atoms with Crippen LogP contribution in [0.4, 0.5) is 0 Å². The first-order chi connectivity index (χ1) is 15.1. The summed E-state index contributed by atoms with van der Waals surface area (Å²) in [5, 5.41) is 8.66. The van der Waals surface area contributed by atoms with Crippen molar-refractivity contribution in [3.8, 4) is 0 Å².